The van der Waals surface area contributed by atoms with E-state index in [4.69, 9.17) is 15.7 Å². The zero-order chi connectivity index (χ0) is 15.7. The number of hydrogen-bond donors (Lipinski definition) is 1. The van der Waals surface area contributed by atoms with Crippen molar-refractivity contribution in [1.82, 2.24) is 5.32 Å². The summed E-state index contributed by atoms with van der Waals surface area (Å²) in [6.45, 7) is 8.19. The molecular formula is C16H20BNO3. The predicted octanol–water partition coefficient (Wildman–Crippen LogP) is 1.35. The van der Waals surface area contributed by atoms with Crippen LogP contribution in [0.2, 0.25) is 0 Å². The highest BCUT2D eigenvalue weighted by Crippen LogP contribution is 2.36. The first-order chi connectivity index (χ1) is 9.77. The molecule has 5 heteroatoms. The normalized spacial score (nSPS) is 19.1. The van der Waals surface area contributed by atoms with Crippen LogP contribution in [0, 0.1) is 12.3 Å². The summed E-state index contributed by atoms with van der Waals surface area (Å²) in [5, 5.41) is 2.64. The number of benzene rings is 1. The fourth-order valence-corrected chi connectivity index (χ4v) is 2.04. The lowest BCUT2D eigenvalue weighted by Crippen LogP contribution is -2.41. The Morgan fingerprint density at radius 3 is 2.48 bits per heavy atom. The monoisotopic (exact) mass is 285 g/mol. The van der Waals surface area contributed by atoms with Crippen LogP contribution < -0.4 is 10.8 Å². The molecule has 1 amide bonds. The van der Waals surface area contributed by atoms with Crippen LogP contribution >= 0.6 is 0 Å². The predicted molar refractivity (Wildman–Crippen MR) is 83.3 cm³/mol. The lowest BCUT2D eigenvalue weighted by Gasteiger charge is -2.32. The molecule has 2 rings (SSSR count). The highest BCUT2D eigenvalue weighted by molar-refractivity contribution is 6.62. The van der Waals surface area contributed by atoms with E-state index >= 15 is 0 Å². The summed E-state index contributed by atoms with van der Waals surface area (Å²) in [6.07, 6.45) is 5.14. The average molecular weight is 285 g/mol. The average Bonchev–Trinajstić information content (AvgIpc) is 2.65. The van der Waals surface area contributed by atoms with E-state index in [2.05, 4.69) is 11.2 Å². The molecule has 0 aromatic heterocycles. The van der Waals surface area contributed by atoms with Gasteiger partial charge in [-0.1, -0.05) is 18.1 Å². The molecule has 0 radical (unpaired) electrons. The van der Waals surface area contributed by atoms with Gasteiger partial charge < -0.3 is 14.6 Å². The SMILES string of the molecule is C#CCNC(=O)c1cccc(B2OC(C)(C)C(C)(C)O2)c1. The van der Waals surface area contributed by atoms with Gasteiger partial charge in [0.15, 0.2) is 0 Å². The standard InChI is InChI=1S/C16H20BNO3/c1-6-10-18-14(19)12-8-7-9-13(11-12)17-20-15(2,3)16(4,5)21-17/h1,7-9,11H,10H2,2-5H3,(H,18,19). The number of carbonyl (C=O) groups excluding carboxylic acids is 1. The molecule has 0 atom stereocenters. The number of amides is 1. The molecule has 0 unspecified atom stereocenters. The summed E-state index contributed by atoms with van der Waals surface area (Å²) >= 11 is 0. The van der Waals surface area contributed by atoms with Crippen LogP contribution in [0.1, 0.15) is 38.1 Å². The lowest BCUT2D eigenvalue weighted by atomic mass is 9.78. The van der Waals surface area contributed by atoms with E-state index in [1.807, 2.05) is 39.8 Å². The quantitative estimate of drug-likeness (QED) is 0.673. The smallest absolute Gasteiger partial charge is 0.399 e. The molecule has 21 heavy (non-hydrogen) atoms. The molecule has 0 aliphatic carbocycles. The van der Waals surface area contributed by atoms with Crippen LogP contribution in [0.3, 0.4) is 0 Å². The molecule has 1 aromatic rings. The molecular weight excluding hydrogens is 265 g/mol. The molecule has 0 saturated carbocycles. The van der Waals surface area contributed by atoms with Gasteiger partial charge in [0.25, 0.3) is 5.91 Å². The number of terminal acetylenes is 1. The van der Waals surface area contributed by atoms with Gasteiger partial charge in [-0.2, -0.15) is 0 Å². The fraction of sp³-hybridized carbons (Fsp3) is 0.438. The second-order valence-corrected chi connectivity index (χ2v) is 6.10. The third kappa shape index (κ3) is 3.12. The highest BCUT2D eigenvalue weighted by atomic mass is 16.7. The van der Waals surface area contributed by atoms with E-state index in [-0.39, 0.29) is 12.5 Å². The minimum atomic E-state index is -0.476. The van der Waals surface area contributed by atoms with Crippen molar-refractivity contribution < 1.29 is 14.1 Å². The molecule has 0 spiro atoms. The molecule has 1 N–H and O–H groups in total. The number of rotatable bonds is 3. The summed E-state index contributed by atoms with van der Waals surface area (Å²) in [5.74, 6) is 2.18. The molecule has 0 bridgehead atoms. The lowest BCUT2D eigenvalue weighted by molar-refractivity contribution is 0.00578. The Morgan fingerprint density at radius 2 is 1.90 bits per heavy atom. The van der Waals surface area contributed by atoms with Gasteiger partial charge in [0, 0.05) is 5.56 Å². The van der Waals surface area contributed by atoms with Crippen molar-refractivity contribution in [1.29, 1.82) is 0 Å². The van der Waals surface area contributed by atoms with E-state index in [1.165, 1.54) is 0 Å². The number of nitrogens with one attached hydrogen (secondary N) is 1. The zero-order valence-corrected chi connectivity index (χ0v) is 12.9. The van der Waals surface area contributed by atoms with E-state index in [0.29, 0.717) is 5.56 Å². The Labute approximate surface area is 126 Å². The first kappa shape index (κ1) is 15.6. The van der Waals surface area contributed by atoms with Crippen molar-refractivity contribution in [2.45, 2.75) is 38.9 Å². The summed E-state index contributed by atoms with van der Waals surface area (Å²) < 4.78 is 12.0. The second-order valence-electron chi connectivity index (χ2n) is 6.10. The van der Waals surface area contributed by atoms with Crippen LogP contribution in [0.25, 0.3) is 0 Å². The first-order valence-corrected chi connectivity index (χ1v) is 6.94. The van der Waals surface area contributed by atoms with E-state index < -0.39 is 18.3 Å². The minimum Gasteiger partial charge on any atom is -0.399 e. The van der Waals surface area contributed by atoms with Gasteiger partial charge in [-0.3, -0.25) is 4.79 Å². The maximum absolute atomic E-state index is 11.9. The van der Waals surface area contributed by atoms with Gasteiger partial charge in [0.1, 0.15) is 0 Å². The van der Waals surface area contributed by atoms with Gasteiger partial charge in [-0.25, -0.2) is 0 Å². The Bertz CT molecular complexity index is 573. The van der Waals surface area contributed by atoms with Crippen molar-refractivity contribution in [3.63, 3.8) is 0 Å². The fourth-order valence-electron chi connectivity index (χ4n) is 2.04. The van der Waals surface area contributed by atoms with Crippen LogP contribution in [-0.4, -0.2) is 30.8 Å². The topological polar surface area (TPSA) is 47.6 Å². The molecule has 1 fully saturated rings. The van der Waals surface area contributed by atoms with Gasteiger partial charge in [-0.05, 0) is 45.3 Å². The van der Waals surface area contributed by atoms with Crippen LogP contribution in [0.4, 0.5) is 0 Å². The Morgan fingerprint density at radius 1 is 1.29 bits per heavy atom. The van der Waals surface area contributed by atoms with Crippen molar-refractivity contribution in [3.05, 3.63) is 29.8 Å². The van der Waals surface area contributed by atoms with E-state index in [9.17, 15) is 4.79 Å². The maximum Gasteiger partial charge on any atom is 0.494 e. The van der Waals surface area contributed by atoms with Crippen molar-refractivity contribution in [3.8, 4) is 12.3 Å². The van der Waals surface area contributed by atoms with Gasteiger partial charge in [0.05, 0.1) is 17.7 Å². The summed E-state index contributed by atoms with van der Waals surface area (Å²) in [7, 11) is -0.476. The van der Waals surface area contributed by atoms with Crippen LogP contribution in [0.15, 0.2) is 24.3 Å². The van der Waals surface area contributed by atoms with Crippen LogP contribution in [-0.2, 0) is 9.31 Å². The Balaban J connectivity index is 2.20. The largest absolute Gasteiger partial charge is 0.494 e. The molecule has 1 aliphatic rings. The number of hydrogen-bond acceptors (Lipinski definition) is 3. The molecule has 1 aromatic carbocycles. The number of carbonyl (C=O) groups is 1. The van der Waals surface area contributed by atoms with E-state index in [0.717, 1.165) is 5.46 Å². The van der Waals surface area contributed by atoms with Gasteiger partial charge >= 0.3 is 7.12 Å². The highest BCUT2D eigenvalue weighted by Gasteiger charge is 2.51. The second kappa shape index (κ2) is 5.55. The van der Waals surface area contributed by atoms with E-state index in [1.54, 1.807) is 12.1 Å². The Hall–Kier alpha value is -1.77. The molecule has 4 nitrogen and oxygen atoms in total. The minimum absolute atomic E-state index is 0.202. The van der Waals surface area contributed by atoms with Gasteiger partial charge in [-0.15, -0.1) is 6.42 Å². The summed E-state index contributed by atoms with van der Waals surface area (Å²) in [4.78, 5) is 11.9. The van der Waals surface area contributed by atoms with Crippen molar-refractivity contribution >= 4 is 18.5 Å². The third-order valence-corrected chi connectivity index (χ3v) is 4.03. The molecule has 1 saturated heterocycles. The van der Waals surface area contributed by atoms with Gasteiger partial charge in [0.2, 0.25) is 0 Å². The molecule has 1 aliphatic heterocycles. The first-order valence-electron chi connectivity index (χ1n) is 6.94. The zero-order valence-electron chi connectivity index (χ0n) is 12.9. The summed E-state index contributed by atoms with van der Waals surface area (Å²) in [6, 6.07) is 7.21. The Kier molecular flexibility index (Phi) is 4.13. The van der Waals surface area contributed by atoms with Crippen molar-refractivity contribution in [2.24, 2.45) is 0 Å². The molecule has 1 heterocycles. The van der Waals surface area contributed by atoms with Crippen molar-refractivity contribution in [2.75, 3.05) is 6.54 Å². The summed E-state index contributed by atoms with van der Waals surface area (Å²) in [5.41, 5.74) is 0.554. The molecule has 110 valence electrons. The third-order valence-electron chi connectivity index (χ3n) is 4.03. The van der Waals surface area contributed by atoms with Crippen LogP contribution in [0.5, 0.6) is 0 Å². The maximum atomic E-state index is 11.9.